The van der Waals surface area contributed by atoms with E-state index in [0.29, 0.717) is 0 Å². The van der Waals surface area contributed by atoms with Gasteiger partial charge in [-0.15, -0.1) is 45.3 Å². The van der Waals surface area contributed by atoms with Crippen molar-refractivity contribution in [3.8, 4) is 51.8 Å². The predicted molar refractivity (Wildman–Crippen MR) is 221 cm³/mol. The zero-order valence-corrected chi connectivity index (χ0v) is 33.6. The Morgan fingerprint density at radius 3 is 1.30 bits per heavy atom. The standard InChI is InChI=1S/C44H48N2S4/c1-7-9-11-13-15-29-23-31-39(47-29)41-33(43(31,3)4)25-37(49-41)27-17-19-45-35(21-27)36-22-28(18-20-46-36)38-26-34-42(50-38)40-32(44(34,5)6)24-30(48-40)16-14-12-10-8-2/h17-26H,7-16H2,1-6H3. The van der Waals surface area contributed by atoms with Gasteiger partial charge in [-0.3, -0.25) is 9.97 Å². The van der Waals surface area contributed by atoms with E-state index in [2.05, 4.69) is 90.1 Å². The first kappa shape index (κ1) is 34.2. The van der Waals surface area contributed by atoms with Crippen LogP contribution in [0.1, 0.15) is 125 Å². The molecule has 6 heteroatoms. The lowest BCUT2D eigenvalue weighted by atomic mass is 9.83. The van der Waals surface area contributed by atoms with Gasteiger partial charge in [0.15, 0.2) is 0 Å². The molecule has 0 fully saturated rings. The Morgan fingerprint density at radius 2 is 0.880 bits per heavy atom. The summed E-state index contributed by atoms with van der Waals surface area (Å²) in [5.41, 5.74) is 10.4. The van der Waals surface area contributed by atoms with E-state index in [0.717, 1.165) is 11.4 Å². The number of pyridine rings is 2. The number of unbranched alkanes of at least 4 members (excludes halogenated alkanes) is 6. The highest BCUT2D eigenvalue weighted by molar-refractivity contribution is 7.25. The van der Waals surface area contributed by atoms with Gasteiger partial charge < -0.3 is 0 Å². The number of hydrogen-bond donors (Lipinski definition) is 0. The van der Waals surface area contributed by atoms with Gasteiger partial charge in [-0.05, 0) is 108 Å². The van der Waals surface area contributed by atoms with E-state index < -0.39 is 0 Å². The first-order chi connectivity index (χ1) is 24.2. The molecule has 0 amide bonds. The van der Waals surface area contributed by atoms with Crippen LogP contribution in [0.4, 0.5) is 0 Å². The van der Waals surface area contributed by atoms with Crippen molar-refractivity contribution in [2.24, 2.45) is 0 Å². The molecule has 6 heterocycles. The second-order valence-corrected chi connectivity index (χ2v) is 19.7. The quantitative estimate of drug-likeness (QED) is 0.111. The molecule has 8 rings (SSSR count). The third-order valence-corrected chi connectivity index (χ3v) is 16.1. The van der Waals surface area contributed by atoms with Gasteiger partial charge in [0.25, 0.3) is 0 Å². The molecule has 0 spiro atoms. The van der Waals surface area contributed by atoms with E-state index in [1.165, 1.54) is 127 Å². The van der Waals surface area contributed by atoms with Crippen LogP contribution in [0.15, 0.2) is 60.9 Å². The maximum absolute atomic E-state index is 4.83. The van der Waals surface area contributed by atoms with Crippen molar-refractivity contribution in [3.63, 3.8) is 0 Å². The Bertz CT molecular complexity index is 2010. The average molecular weight is 733 g/mol. The summed E-state index contributed by atoms with van der Waals surface area (Å²) in [5, 5.41) is 0. The van der Waals surface area contributed by atoms with Crippen molar-refractivity contribution in [3.05, 3.63) is 92.9 Å². The minimum Gasteiger partial charge on any atom is -0.255 e. The summed E-state index contributed by atoms with van der Waals surface area (Å²) in [6.07, 6.45) is 16.9. The summed E-state index contributed by atoms with van der Waals surface area (Å²) in [5.74, 6) is 0. The normalized spacial score (nSPS) is 14.9. The van der Waals surface area contributed by atoms with Gasteiger partial charge in [0.1, 0.15) is 0 Å². The van der Waals surface area contributed by atoms with Gasteiger partial charge in [0, 0.05) is 62.2 Å². The van der Waals surface area contributed by atoms with E-state index in [4.69, 9.17) is 9.97 Å². The molecule has 50 heavy (non-hydrogen) atoms. The molecule has 258 valence electrons. The lowest BCUT2D eigenvalue weighted by Gasteiger charge is -2.19. The van der Waals surface area contributed by atoms with E-state index in [1.54, 1.807) is 9.75 Å². The van der Waals surface area contributed by atoms with E-state index in [-0.39, 0.29) is 10.8 Å². The molecular formula is C44H48N2S4. The Kier molecular flexibility index (Phi) is 9.29. The lowest BCUT2D eigenvalue weighted by Crippen LogP contribution is -2.13. The fraction of sp³-hybridized carbons (Fsp3) is 0.409. The molecule has 2 aliphatic rings. The Labute approximate surface area is 314 Å². The van der Waals surface area contributed by atoms with Gasteiger partial charge in [0.05, 0.1) is 11.4 Å². The molecule has 2 nitrogen and oxygen atoms in total. The van der Waals surface area contributed by atoms with Crippen LogP contribution >= 0.6 is 45.3 Å². The van der Waals surface area contributed by atoms with E-state index >= 15 is 0 Å². The summed E-state index contributed by atoms with van der Waals surface area (Å²) in [6.45, 7) is 14.2. The number of aryl methyl sites for hydroxylation is 2. The Hall–Kier alpha value is -2.90. The van der Waals surface area contributed by atoms with Crippen molar-refractivity contribution in [1.82, 2.24) is 9.97 Å². The smallest absolute Gasteiger partial charge is 0.0892 e. The lowest BCUT2D eigenvalue weighted by molar-refractivity contribution is 0.657. The van der Waals surface area contributed by atoms with Crippen molar-refractivity contribution in [2.45, 2.75) is 117 Å². The Balaban J connectivity index is 1.05. The SMILES string of the molecule is CCCCCCc1cc2c(s1)-c1sc(-c3ccnc(-c4cc(-c5cc6c(s5)-c5sc(CCCCCC)cc5C6(C)C)ccn4)c3)cc1C2(C)C. The summed E-state index contributed by atoms with van der Waals surface area (Å²) < 4.78 is 0. The zero-order chi connectivity index (χ0) is 34.6. The van der Waals surface area contributed by atoms with Crippen LogP contribution in [0, 0.1) is 0 Å². The van der Waals surface area contributed by atoms with Crippen LogP contribution in [-0.4, -0.2) is 9.97 Å². The highest BCUT2D eigenvalue weighted by atomic mass is 32.1. The van der Waals surface area contributed by atoms with E-state index in [1.807, 2.05) is 57.7 Å². The number of rotatable bonds is 13. The van der Waals surface area contributed by atoms with Crippen LogP contribution in [0.25, 0.3) is 51.8 Å². The van der Waals surface area contributed by atoms with Crippen molar-refractivity contribution < 1.29 is 0 Å². The third kappa shape index (κ3) is 5.98. The molecule has 6 aromatic rings. The summed E-state index contributed by atoms with van der Waals surface area (Å²) in [4.78, 5) is 21.3. The highest BCUT2D eigenvalue weighted by Gasteiger charge is 2.40. The largest absolute Gasteiger partial charge is 0.255 e. The number of aromatic nitrogens is 2. The first-order valence-electron chi connectivity index (χ1n) is 18.7. The van der Waals surface area contributed by atoms with Crippen molar-refractivity contribution in [1.29, 1.82) is 0 Å². The minimum atomic E-state index is 0.0406. The highest BCUT2D eigenvalue weighted by Crippen LogP contribution is 2.58. The maximum atomic E-state index is 4.83. The molecule has 0 saturated carbocycles. The maximum Gasteiger partial charge on any atom is 0.0892 e. The molecule has 0 radical (unpaired) electrons. The van der Waals surface area contributed by atoms with Gasteiger partial charge in [-0.1, -0.05) is 80.1 Å². The monoisotopic (exact) mass is 732 g/mol. The summed E-state index contributed by atoms with van der Waals surface area (Å²) in [6, 6.07) is 18.7. The van der Waals surface area contributed by atoms with Crippen LogP contribution in [0.5, 0.6) is 0 Å². The van der Waals surface area contributed by atoms with Crippen LogP contribution < -0.4 is 0 Å². The summed E-state index contributed by atoms with van der Waals surface area (Å²) >= 11 is 7.96. The van der Waals surface area contributed by atoms with Gasteiger partial charge in [-0.25, -0.2) is 0 Å². The van der Waals surface area contributed by atoms with Gasteiger partial charge in [0.2, 0.25) is 0 Å². The predicted octanol–water partition coefficient (Wildman–Crippen LogP) is 14.6. The molecule has 0 bridgehead atoms. The van der Waals surface area contributed by atoms with Gasteiger partial charge >= 0.3 is 0 Å². The topological polar surface area (TPSA) is 25.8 Å². The fourth-order valence-corrected chi connectivity index (χ4v) is 13.6. The molecular weight excluding hydrogens is 685 g/mol. The average Bonchev–Trinajstić information content (AvgIpc) is 3.95. The van der Waals surface area contributed by atoms with Crippen LogP contribution in [-0.2, 0) is 23.7 Å². The van der Waals surface area contributed by atoms with Crippen molar-refractivity contribution in [2.75, 3.05) is 0 Å². The molecule has 0 aliphatic heterocycles. The third-order valence-electron chi connectivity index (χ3n) is 11.0. The Morgan fingerprint density at radius 1 is 0.480 bits per heavy atom. The molecule has 0 atom stereocenters. The number of fused-ring (bicyclic) bond motifs is 6. The van der Waals surface area contributed by atoms with Crippen LogP contribution in [0.2, 0.25) is 0 Å². The minimum absolute atomic E-state index is 0.0406. The second-order valence-electron chi connectivity index (χ2n) is 15.3. The van der Waals surface area contributed by atoms with Crippen LogP contribution in [0.3, 0.4) is 0 Å². The number of nitrogens with zero attached hydrogens (tertiary/aromatic N) is 2. The first-order valence-corrected chi connectivity index (χ1v) is 21.9. The molecule has 2 aliphatic carbocycles. The molecule has 0 N–H and O–H groups in total. The molecule has 6 aromatic heterocycles. The number of thiophene rings is 4. The second kappa shape index (κ2) is 13.6. The molecule has 0 aromatic carbocycles. The zero-order valence-electron chi connectivity index (χ0n) is 30.4. The molecule has 0 unspecified atom stereocenters. The van der Waals surface area contributed by atoms with Gasteiger partial charge in [-0.2, -0.15) is 0 Å². The summed E-state index contributed by atoms with van der Waals surface area (Å²) in [7, 11) is 0. The van der Waals surface area contributed by atoms with Crippen molar-refractivity contribution >= 4 is 45.3 Å². The fourth-order valence-electron chi connectivity index (χ4n) is 7.92. The van der Waals surface area contributed by atoms with E-state index in [9.17, 15) is 0 Å². The number of hydrogen-bond acceptors (Lipinski definition) is 6. The molecule has 0 saturated heterocycles.